The van der Waals surface area contributed by atoms with Crippen molar-refractivity contribution in [3.8, 4) is 0 Å². The van der Waals surface area contributed by atoms with E-state index in [0.717, 1.165) is 22.7 Å². The molecule has 0 bridgehead atoms. The van der Waals surface area contributed by atoms with Crippen LogP contribution in [0.2, 0.25) is 0 Å². The van der Waals surface area contributed by atoms with Crippen molar-refractivity contribution in [1.82, 2.24) is 0 Å². The molecule has 1 aromatic carbocycles. The molecule has 1 heterocycles. The summed E-state index contributed by atoms with van der Waals surface area (Å²) in [4.78, 5) is 4.11. The SMILES string of the molecule is C=[N+]1N=Nc2c1ccc(N(C)C)c2N(C)C. The van der Waals surface area contributed by atoms with Gasteiger partial charge in [0.05, 0.1) is 17.5 Å². The second-order valence-electron chi connectivity index (χ2n) is 4.18. The van der Waals surface area contributed by atoms with E-state index >= 15 is 0 Å². The molecule has 1 aliphatic rings. The smallest absolute Gasteiger partial charge is 0.277 e. The van der Waals surface area contributed by atoms with Gasteiger partial charge in [-0.1, -0.05) is 0 Å². The fraction of sp³-hybridized carbons (Fsp3) is 0.364. The number of rotatable bonds is 2. The molecular formula is C11H16N5+. The highest BCUT2D eigenvalue weighted by molar-refractivity contribution is 5.88. The number of hydrogen-bond donors (Lipinski definition) is 0. The van der Waals surface area contributed by atoms with Gasteiger partial charge in [0, 0.05) is 28.2 Å². The highest BCUT2D eigenvalue weighted by Gasteiger charge is 2.29. The van der Waals surface area contributed by atoms with Gasteiger partial charge in [-0.2, -0.15) is 0 Å². The molecule has 0 amide bonds. The summed E-state index contributed by atoms with van der Waals surface area (Å²) in [6.45, 7) is 3.79. The molecule has 0 atom stereocenters. The molecule has 0 spiro atoms. The molecule has 0 N–H and O–H groups in total. The maximum atomic E-state index is 4.16. The third kappa shape index (κ3) is 1.44. The van der Waals surface area contributed by atoms with Crippen molar-refractivity contribution in [3.63, 3.8) is 0 Å². The van der Waals surface area contributed by atoms with E-state index in [2.05, 4.69) is 28.0 Å². The highest BCUT2D eigenvalue weighted by Crippen LogP contribution is 2.46. The zero-order valence-corrected chi connectivity index (χ0v) is 10.1. The van der Waals surface area contributed by atoms with E-state index in [-0.39, 0.29) is 0 Å². The lowest BCUT2D eigenvalue weighted by molar-refractivity contribution is -0.437. The summed E-state index contributed by atoms with van der Waals surface area (Å²) in [6, 6.07) is 4.05. The Hall–Kier alpha value is -1.91. The van der Waals surface area contributed by atoms with Crippen LogP contribution in [-0.4, -0.2) is 39.6 Å². The fourth-order valence-corrected chi connectivity index (χ4v) is 1.81. The normalized spacial score (nSPS) is 12.9. The quantitative estimate of drug-likeness (QED) is 0.713. The van der Waals surface area contributed by atoms with E-state index in [1.54, 1.807) is 4.68 Å². The monoisotopic (exact) mass is 218 g/mol. The van der Waals surface area contributed by atoms with Crippen LogP contribution in [0.4, 0.5) is 22.7 Å². The van der Waals surface area contributed by atoms with Gasteiger partial charge >= 0.3 is 0 Å². The third-order valence-electron chi connectivity index (χ3n) is 2.57. The van der Waals surface area contributed by atoms with Crippen molar-refractivity contribution in [2.24, 2.45) is 10.3 Å². The summed E-state index contributed by atoms with van der Waals surface area (Å²) in [6.07, 6.45) is 0. The summed E-state index contributed by atoms with van der Waals surface area (Å²) >= 11 is 0. The Bertz CT molecular complexity index is 474. The minimum Gasteiger partial charge on any atom is -0.376 e. The van der Waals surface area contributed by atoms with Crippen LogP contribution >= 0.6 is 0 Å². The second kappa shape index (κ2) is 3.59. The van der Waals surface area contributed by atoms with Gasteiger partial charge in [0.25, 0.3) is 5.69 Å². The maximum Gasteiger partial charge on any atom is 0.277 e. The molecule has 2 rings (SSSR count). The van der Waals surface area contributed by atoms with E-state index in [1.165, 1.54) is 0 Å². The average Bonchev–Trinajstić information content (AvgIpc) is 2.58. The van der Waals surface area contributed by atoms with E-state index in [1.807, 2.05) is 39.2 Å². The predicted octanol–water partition coefficient (Wildman–Crippen LogP) is 2.18. The molecular weight excluding hydrogens is 202 g/mol. The molecule has 1 aromatic rings. The van der Waals surface area contributed by atoms with Crippen molar-refractivity contribution in [2.45, 2.75) is 0 Å². The van der Waals surface area contributed by atoms with Crippen LogP contribution in [0.3, 0.4) is 0 Å². The number of fused-ring (bicyclic) bond motifs is 1. The molecule has 5 nitrogen and oxygen atoms in total. The van der Waals surface area contributed by atoms with Gasteiger partial charge in [-0.15, -0.1) is 4.68 Å². The summed E-state index contributed by atoms with van der Waals surface area (Å²) in [5.41, 5.74) is 4.01. The molecule has 0 fully saturated rings. The van der Waals surface area contributed by atoms with Crippen LogP contribution in [0, 0.1) is 0 Å². The van der Waals surface area contributed by atoms with Crippen LogP contribution in [-0.2, 0) is 0 Å². The summed E-state index contributed by atoms with van der Waals surface area (Å²) in [7, 11) is 8.04. The second-order valence-corrected chi connectivity index (χ2v) is 4.18. The van der Waals surface area contributed by atoms with E-state index in [4.69, 9.17) is 0 Å². The standard InChI is InChI=1S/C11H16N5/c1-14(2)9-7-6-8-10(11(9)15(3)4)12-13-16(8)5/h6-7H,5H2,1-4H3/q+1. The van der Waals surface area contributed by atoms with Crippen LogP contribution in [0.1, 0.15) is 0 Å². The third-order valence-corrected chi connectivity index (χ3v) is 2.57. The highest BCUT2D eigenvalue weighted by atomic mass is 15.5. The lowest BCUT2D eigenvalue weighted by Gasteiger charge is -2.21. The van der Waals surface area contributed by atoms with E-state index in [9.17, 15) is 0 Å². The topological polar surface area (TPSA) is 34.2 Å². The maximum absolute atomic E-state index is 4.16. The molecule has 0 saturated heterocycles. The van der Waals surface area contributed by atoms with Gasteiger partial charge in [-0.25, -0.2) is 0 Å². The molecule has 0 aliphatic carbocycles. The van der Waals surface area contributed by atoms with Crippen molar-refractivity contribution in [1.29, 1.82) is 0 Å². The Morgan fingerprint density at radius 1 is 1.12 bits per heavy atom. The van der Waals surface area contributed by atoms with Gasteiger partial charge < -0.3 is 9.80 Å². The number of anilines is 2. The summed E-state index contributed by atoms with van der Waals surface area (Å²) in [5, 5.41) is 8.11. The Morgan fingerprint density at radius 3 is 2.38 bits per heavy atom. The number of hydrogen-bond acceptors (Lipinski definition) is 4. The first-order valence-corrected chi connectivity index (χ1v) is 5.06. The first-order chi connectivity index (χ1) is 7.52. The van der Waals surface area contributed by atoms with E-state index in [0.29, 0.717) is 0 Å². The molecule has 0 aromatic heterocycles. The van der Waals surface area contributed by atoms with E-state index < -0.39 is 0 Å². The van der Waals surface area contributed by atoms with Crippen molar-refractivity contribution >= 4 is 29.5 Å². The van der Waals surface area contributed by atoms with Crippen molar-refractivity contribution < 1.29 is 4.68 Å². The molecule has 84 valence electrons. The molecule has 16 heavy (non-hydrogen) atoms. The minimum absolute atomic E-state index is 0.881. The van der Waals surface area contributed by atoms with Crippen molar-refractivity contribution in [2.75, 3.05) is 38.0 Å². The van der Waals surface area contributed by atoms with Gasteiger partial charge in [-0.05, 0) is 12.1 Å². The zero-order chi connectivity index (χ0) is 11.9. The minimum atomic E-state index is 0.881. The van der Waals surface area contributed by atoms with Gasteiger partial charge in [0.2, 0.25) is 5.69 Å². The van der Waals surface area contributed by atoms with Crippen LogP contribution < -0.4 is 9.80 Å². The molecule has 5 heteroatoms. The lowest BCUT2D eigenvalue weighted by Crippen LogP contribution is -2.16. The zero-order valence-electron chi connectivity index (χ0n) is 10.1. The van der Waals surface area contributed by atoms with Crippen LogP contribution in [0.15, 0.2) is 22.5 Å². The van der Waals surface area contributed by atoms with Crippen LogP contribution in [0.5, 0.6) is 0 Å². The summed E-state index contributed by atoms with van der Waals surface area (Å²) in [5.74, 6) is 0. The molecule has 0 saturated carbocycles. The number of nitrogens with zero attached hydrogens (tertiary/aromatic N) is 5. The largest absolute Gasteiger partial charge is 0.376 e. The number of benzene rings is 1. The molecule has 0 radical (unpaired) electrons. The lowest BCUT2D eigenvalue weighted by atomic mass is 10.1. The predicted molar refractivity (Wildman–Crippen MR) is 66.7 cm³/mol. The van der Waals surface area contributed by atoms with Gasteiger partial charge in [0.1, 0.15) is 10.9 Å². The Kier molecular flexibility index (Phi) is 2.38. The average molecular weight is 218 g/mol. The molecule has 0 unspecified atom stereocenters. The molecule has 1 aliphatic heterocycles. The van der Waals surface area contributed by atoms with Gasteiger partial charge in [0.15, 0.2) is 0 Å². The first kappa shape index (κ1) is 10.6. The summed E-state index contributed by atoms with van der Waals surface area (Å²) < 4.78 is 1.54. The van der Waals surface area contributed by atoms with Crippen molar-refractivity contribution in [3.05, 3.63) is 12.1 Å². The van der Waals surface area contributed by atoms with Crippen LogP contribution in [0.25, 0.3) is 0 Å². The Balaban J connectivity index is 2.69. The Morgan fingerprint density at radius 2 is 1.81 bits per heavy atom. The Labute approximate surface area is 95.3 Å². The first-order valence-electron chi connectivity index (χ1n) is 5.06. The fourth-order valence-electron chi connectivity index (χ4n) is 1.81. The van der Waals surface area contributed by atoms with Gasteiger partial charge in [-0.3, -0.25) is 0 Å².